The summed E-state index contributed by atoms with van der Waals surface area (Å²) in [5.41, 5.74) is -0.0359. The van der Waals surface area contributed by atoms with E-state index in [1.807, 2.05) is 26.2 Å². The minimum absolute atomic E-state index is 0.128. The fraction of sp³-hybridized carbons (Fsp3) is 0.500. The highest BCUT2D eigenvalue weighted by Crippen LogP contribution is 2.36. The number of hydrazine groups is 1. The molecule has 0 saturated heterocycles. The molecule has 0 saturated carbocycles. The molecule has 1 aromatic carbocycles. The molecule has 21 heavy (non-hydrogen) atoms. The Hall–Kier alpha value is -1.76. The Morgan fingerprint density at radius 1 is 1.29 bits per heavy atom. The number of nitrogen functional groups attached to an aromatic ring is 1. The molecule has 4 N–H and O–H groups in total. The van der Waals surface area contributed by atoms with Crippen molar-refractivity contribution in [3.63, 3.8) is 0 Å². The Balaban J connectivity index is 3.16. The van der Waals surface area contributed by atoms with Gasteiger partial charge >= 0.3 is 6.18 Å². The van der Waals surface area contributed by atoms with E-state index in [1.165, 1.54) is 12.1 Å². The number of para-hydroxylation sites is 1. The number of anilines is 1. The van der Waals surface area contributed by atoms with Crippen LogP contribution in [0.3, 0.4) is 0 Å². The zero-order chi connectivity index (χ0) is 16.3. The minimum atomic E-state index is -4.59. The number of benzene rings is 1. The molecule has 4 nitrogen and oxygen atoms in total. The highest BCUT2D eigenvalue weighted by Gasteiger charge is 2.35. The minimum Gasteiger partial charge on any atom is -0.347 e. The van der Waals surface area contributed by atoms with E-state index >= 15 is 0 Å². The van der Waals surface area contributed by atoms with Crippen molar-refractivity contribution in [2.45, 2.75) is 45.3 Å². The average molecular weight is 303 g/mol. The van der Waals surface area contributed by atoms with Gasteiger partial charge in [0.05, 0.1) is 16.8 Å². The lowest BCUT2D eigenvalue weighted by Gasteiger charge is -2.26. The molecule has 0 fully saturated rings. The number of halogens is 3. The van der Waals surface area contributed by atoms with Crippen LogP contribution in [0.5, 0.6) is 0 Å². The molecule has 0 aliphatic heterocycles. The van der Waals surface area contributed by atoms with E-state index in [0.29, 0.717) is 6.42 Å². The first-order chi connectivity index (χ1) is 9.62. The monoisotopic (exact) mass is 303 g/mol. The van der Waals surface area contributed by atoms with Crippen LogP contribution in [0.1, 0.15) is 49.5 Å². The molecule has 0 atom stereocenters. The standard InChI is InChI=1S/C14H20F3N3O/c1-4-8-13(2,3)19-12(21)9-6-5-7-10(11(9)20-18)14(15,16)17/h5-7,20H,4,8,18H2,1-3H3,(H,19,21). The normalized spacial score (nSPS) is 12.1. The van der Waals surface area contributed by atoms with Crippen molar-refractivity contribution in [1.29, 1.82) is 0 Å². The second-order valence-corrected chi connectivity index (χ2v) is 5.46. The molecule has 0 aliphatic carbocycles. The molecule has 1 amide bonds. The highest BCUT2D eigenvalue weighted by atomic mass is 19.4. The first kappa shape index (κ1) is 17.3. The van der Waals surface area contributed by atoms with E-state index in [-0.39, 0.29) is 5.56 Å². The first-order valence-corrected chi connectivity index (χ1v) is 6.61. The molecule has 0 spiro atoms. The number of carbonyl (C=O) groups is 1. The van der Waals surface area contributed by atoms with Crippen LogP contribution in [-0.2, 0) is 6.18 Å². The second-order valence-electron chi connectivity index (χ2n) is 5.46. The van der Waals surface area contributed by atoms with Gasteiger partial charge in [0.1, 0.15) is 0 Å². The fourth-order valence-electron chi connectivity index (χ4n) is 2.20. The van der Waals surface area contributed by atoms with Crippen LogP contribution in [0.25, 0.3) is 0 Å². The zero-order valence-electron chi connectivity index (χ0n) is 12.3. The molecule has 0 aromatic heterocycles. The summed E-state index contributed by atoms with van der Waals surface area (Å²) in [6, 6.07) is 3.37. The third-order valence-corrected chi connectivity index (χ3v) is 3.09. The molecular formula is C14H20F3N3O. The number of hydrogen-bond acceptors (Lipinski definition) is 3. The van der Waals surface area contributed by atoms with Gasteiger partial charge in [-0.1, -0.05) is 19.4 Å². The molecule has 7 heteroatoms. The van der Waals surface area contributed by atoms with Crippen LogP contribution >= 0.6 is 0 Å². The third-order valence-electron chi connectivity index (χ3n) is 3.09. The number of nitrogens with one attached hydrogen (secondary N) is 2. The summed E-state index contributed by atoms with van der Waals surface area (Å²) in [4.78, 5) is 12.2. The molecule has 118 valence electrons. The molecule has 1 rings (SSSR count). The van der Waals surface area contributed by atoms with E-state index in [1.54, 1.807) is 0 Å². The van der Waals surface area contributed by atoms with Gasteiger partial charge in [0.2, 0.25) is 0 Å². The van der Waals surface area contributed by atoms with Gasteiger partial charge in [0, 0.05) is 5.54 Å². The van der Waals surface area contributed by atoms with Gasteiger partial charge in [-0.3, -0.25) is 10.6 Å². The Bertz CT molecular complexity index is 513. The van der Waals surface area contributed by atoms with Crippen molar-refractivity contribution < 1.29 is 18.0 Å². The van der Waals surface area contributed by atoms with Crippen LogP contribution in [0.4, 0.5) is 18.9 Å². The van der Waals surface area contributed by atoms with Crippen LogP contribution in [0.2, 0.25) is 0 Å². The van der Waals surface area contributed by atoms with E-state index in [0.717, 1.165) is 12.5 Å². The smallest absolute Gasteiger partial charge is 0.347 e. The lowest BCUT2D eigenvalue weighted by molar-refractivity contribution is -0.137. The maximum absolute atomic E-state index is 12.9. The number of nitrogens with two attached hydrogens (primary N) is 1. The van der Waals surface area contributed by atoms with Crippen molar-refractivity contribution >= 4 is 11.6 Å². The number of carbonyl (C=O) groups excluding carboxylic acids is 1. The summed E-state index contributed by atoms with van der Waals surface area (Å²) < 4.78 is 38.7. The van der Waals surface area contributed by atoms with E-state index < -0.39 is 28.9 Å². The molecule has 0 radical (unpaired) electrons. The predicted molar refractivity (Wildman–Crippen MR) is 75.7 cm³/mol. The van der Waals surface area contributed by atoms with Crippen LogP contribution < -0.4 is 16.6 Å². The van der Waals surface area contributed by atoms with Gasteiger partial charge < -0.3 is 10.7 Å². The highest BCUT2D eigenvalue weighted by molar-refractivity contribution is 6.00. The summed E-state index contributed by atoms with van der Waals surface area (Å²) in [6.07, 6.45) is -3.03. The summed E-state index contributed by atoms with van der Waals surface area (Å²) in [5.74, 6) is 4.59. The predicted octanol–water partition coefficient (Wildman–Crippen LogP) is 3.30. The van der Waals surface area contributed by atoms with Crippen molar-refractivity contribution in [2.24, 2.45) is 5.84 Å². The molecule has 1 aromatic rings. The first-order valence-electron chi connectivity index (χ1n) is 6.61. The maximum atomic E-state index is 12.9. The van der Waals surface area contributed by atoms with Gasteiger partial charge in [-0.05, 0) is 32.4 Å². The maximum Gasteiger partial charge on any atom is 0.418 e. The van der Waals surface area contributed by atoms with Crippen molar-refractivity contribution in [1.82, 2.24) is 5.32 Å². The van der Waals surface area contributed by atoms with Crippen molar-refractivity contribution in [2.75, 3.05) is 5.43 Å². The average Bonchev–Trinajstić information content (AvgIpc) is 2.35. The second kappa shape index (κ2) is 6.34. The molecule has 0 aliphatic rings. The Kier molecular flexibility index (Phi) is 5.22. The van der Waals surface area contributed by atoms with E-state index in [9.17, 15) is 18.0 Å². The van der Waals surface area contributed by atoms with Gasteiger partial charge in [-0.2, -0.15) is 13.2 Å². The quantitative estimate of drug-likeness (QED) is 0.577. The fourth-order valence-corrected chi connectivity index (χ4v) is 2.20. The van der Waals surface area contributed by atoms with E-state index in [4.69, 9.17) is 5.84 Å². The number of amides is 1. The van der Waals surface area contributed by atoms with Crippen LogP contribution in [0.15, 0.2) is 18.2 Å². The lowest BCUT2D eigenvalue weighted by Crippen LogP contribution is -2.43. The number of alkyl halides is 3. The van der Waals surface area contributed by atoms with Crippen LogP contribution in [0, 0.1) is 0 Å². The van der Waals surface area contributed by atoms with Gasteiger partial charge in [-0.15, -0.1) is 0 Å². The Morgan fingerprint density at radius 3 is 2.38 bits per heavy atom. The van der Waals surface area contributed by atoms with Crippen molar-refractivity contribution in [3.05, 3.63) is 29.3 Å². The SMILES string of the molecule is CCCC(C)(C)NC(=O)c1cccc(C(F)(F)F)c1NN. The molecule has 0 unspecified atom stereocenters. The Labute approximate surface area is 121 Å². The molecule has 0 heterocycles. The van der Waals surface area contributed by atoms with Crippen LogP contribution in [-0.4, -0.2) is 11.4 Å². The summed E-state index contributed by atoms with van der Waals surface area (Å²) in [7, 11) is 0. The van der Waals surface area contributed by atoms with Gasteiger partial charge in [0.15, 0.2) is 0 Å². The number of rotatable bonds is 5. The third kappa shape index (κ3) is 4.35. The summed E-state index contributed by atoms with van der Waals surface area (Å²) in [6.45, 7) is 5.60. The van der Waals surface area contributed by atoms with E-state index in [2.05, 4.69) is 5.32 Å². The molecular weight excluding hydrogens is 283 g/mol. The summed E-state index contributed by atoms with van der Waals surface area (Å²) >= 11 is 0. The zero-order valence-corrected chi connectivity index (χ0v) is 12.3. The van der Waals surface area contributed by atoms with Crippen molar-refractivity contribution in [3.8, 4) is 0 Å². The lowest BCUT2D eigenvalue weighted by atomic mass is 9.97. The van der Waals surface area contributed by atoms with Gasteiger partial charge in [0.25, 0.3) is 5.91 Å². The topological polar surface area (TPSA) is 67.2 Å². The molecule has 0 bridgehead atoms. The summed E-state index contributed by atoms with van der Waals surface area (Å²) in [5, 5.41) is 2.73. The largest absolute Gasteiger partial charge is 0.418 e. The number of hydrogen-bond donors (Lipinski definition) is 3. The van der Waals surface area contributed by atoms with Gasteiger partial charge in [-0.25, -0.2) is 0 Å². The Morgan fingerprint density at radius 2 is 1.90 bits per heavy atom.